The normalized spacial score (nSPS) is 30.6. The molecule has 0 aromatic rings. The van der Waals surface area contributed by atoms with Crippen LogP contribution in [0.15, 0.2) is 48.3 Å². The fourth-order valence-corrected chi connectivity index (χ4v) is 1.47. The van der Waals surface area contributed by atoms with Crippen LogP contribution >= 0.6 is 0 Å². The Morgan fingerprint density at radius 1 is 1.60 bits per heavy atom. The number of hydrogen-bond acceptors (Lipinski definition) is 4. The van der Waals surface area contributed by atoms with Crippen LogP contribution < -0.4 is 22.1 Å². The Morgan fingerprint density at radius 2 is 2.27 bits per heavy atom. The molecule has 1 aliphatic heterocycles. The standard InChI is InChI=1S/C11H18N4/c1-4-14-11-7(2)5-6-9(12)15-8(3)10(11)13/h4,6-7,14-15H,1,3,5,12-13H2,2H3/b9-6+,11-10-. The van der Waals surface area contributed by atoms with Crippen molar-refractivity contribution >= 4 is 0 Å². The lowest BCUT2D eigenvalue weighted by molar-refractivity contribution is 0.630. The third-order valence-electron chi connectivity index (χ3n) is 2.35. The molecule has 4 heteroatoms. The first-order valence-corrected chi connectivity index (χ1v) is 4.85. The summed E-state index contributed by atoms with van der Waals surface area (Å²) in [5, 5.41) is 5.97. The third kappa shape index (κ3) is 2.56. The fourth-order valence-electron chi connectivity index (χ4n) is 1.47. The number of nitrogens with one attached hydrogen (secondary N) is 2. The predicted octanol–water partition coefficient (Wildman–Crippen LogP) is 0.833. The van der Waals surface area contributed by atoms with E-state index in [0.29, 0.717) is 17.2 Å². The summed E-state index contributed by atoms with van der Waals surface area (Å²) in [7, 11) is 0. The summed E-state index contributed by atoms with van der Waals surface area (Å²) >= 11 is 0. The highest BCUT2D eigenvalue weighted by atomic mass is 15.0. The van der Waals surface area contributed by atoms with E-state index in [1.165, 1.54) is 0 Å². The van der Waals surface area contributed by atoms with Crippen LogP contribution in [0.1, 0.15) is 13.3 Å². The smallest absolute Gasteiger partial charge is 0.0964 e. The summed E-state index contributed by atoms with van der Waals surface area (Å²) in [4.78, 5) is 0. The Balaban J connectivity index is 3.03. The molecular formula is C11H18N4. The Bertz CT molecular complexity index is 338. The number of rotatable bonds is 2. The van der Waals surface area contributed by atoms with Gasteiger partial charge in [0.1, 0.15) is 0 Å². The molecule has 82 valence electrons. The minimum atomic E-state index is 0.264. The highest BCUT2D eigenvalue weighted by Crippen LogP contribution is 2.19. The van der Waals surface area contributed by atoms with Gasteiger partial charge in [-0.2, -0.15) is 0 Å². The van der Waals surface area contributed by atoms with E-state index in [4.69, 9.17) is 11.5 Å². The second-order valence-corrected chi connectivity index (χ2v) is 3.58. The minimum absolute atomic E-state index is 0.264. The van der Waals surface area contributed by atoms with Crippen LogP contribution in [0, 0.1) is 5.92 Å². The van der Waals surface area contributed by atoms with Gasteiger partial charge in [0.2, 0.25) is 0 Å². The molecule has 4 nitrogen and oxygen atoms in total. The van der Waals surface area contributed by atoms with Crippen molar-refractivity contribution < 1.29 is 0 Å². The van der Waals surface area contributed by atoms with Crippen molar-refractivity contribution in [3.8, 4) is 0 Å². The molecule has 1 heterocycles. The topological polar surface area (TPSA) is 76.1 Å². The molecule has 0 aromatic carbocycles. The lowest BCUT2D eigenvalue weighted by Gasteiger charge is -2.22. The Kier molecular flexibility index (Phi) is 3.44. The quantitative estimate of drug-likeness (QED) is 0.540. The third-order valence-corrected chi connectivity index (χ3v) is 2.35. The van der Waals surface area contributed by atoms with E-state index in [1.807, 2.05) is 6.08 Å². The Hall–Kier alpha value is -1.84. The van der Waals surface area contributed by atoms with Crippen molar-refractivity contribution in [1.82, 2.24) is 10.6 Å². The second kappa shape index (κ2) is 4.59. The zero-order chi connectivity index (χ0) is 11.4. The summed E-state index contributed by atoms with van der Waals surface area (Å²) < 4.78 is 0. The van der Waals surface area contributed by atoms with E-state index >= 15 is 0 Å². The number of allylic oxidation sites excluding steroid dienone is 2. The zero-order valence-electron chi connectivity index (χ0n) is 9.01. The molecule has 15 heavy (non-hydrogen) atoms. The molecule has 1 unspecified atom stereocenters. The van der Waals surface area contributed by atoms with E-state index in [-0.39, 0.29) is 5.92 Å². The van der Waals surface area contributed by atoms with Crippen molar-refractivity contribution in [2.24, 2.45) is 17.4 Å². The highest BCUT2D eigenvalue weighted by Gasteiger charge is 2.15. The molecule has 0 aliphatic carbocycles. The van der Waals surface area contributed by atoms with Crippen molar-refractivity contribution in [3.05, 3.63) is 48.3 Å². The van der Waals surface area contributed by atoms with Crippen LogP contribution in [0.3, 0.4) is 0 Å². The van der Waals surface area contributed by atoms with Gasteiger partial charge in [0.15, 0.2) is 0 Å². The van der Waals surface area contributed by atoms with Gasteiger partial charge in [-0.25, -0.2) is 0 Å². The molecule has 0 radical (unpaired) electrons. The zero-order valence-corrected chi connectivity index (χ0v) is 9.01. The minimum Gasteiger partial charge on any atom is -0.396 e. The van der Waals surface area contributed by atoms with Gasteiger partial charge in [-0.3, -0.25) is 0 Å². The first-order valence-electron chi connectivity index (χ1n) is 4.85. The fraction of sp³-hybridized carbons (Fsp3) is 0.273. The summed E-state index contributed by atoms with van der Waals surface area (Å²) in [6.07, 6.45) is 4.36. The number of hydrogen-bond donors (Lipinski definition) is 4. The maximum Gasteiger partial charge on any atom is 0.0964 e. The van der Waals surface area contributed by atoms with Gasteiger partial charge in [-0.1, -0.05) is 20.1 Å². The van der Waals surface area contributed by atoms with E-state index < -0.39 is 0 Å². The summed E-state index contributed by atoms with van der Waals surface area (Å²) in [6.45, 7) is 9.52. The summed E-state index contributed by atoms with van der Waals surface area (Å²) in [5.41, 5.74) is 13.8. The molecule has 0 spiro atoms. The van der Waals surface area contributed by atoms with Gasteiger partial charge in [0.05, 0.1) is 17.2 Å². The van der Waals surface area contributed by atoms with Gasteiger partial charge in [-0.15, -0.1) is 0 Å². The molecule has 0 fully saturated rings. The van der Waals surface area contributed by atoms with Crippen molar-refractivity contribution in [2.75, 3.05) is 0 Å². The van der Waals surface area contributed by atoms with Gasteiger partial charge in [0.25, 0.3) is 0 Å². The molecule has 0 saturated carbocycles. The van der Waals surface area contributed by atoms with E-state index in [2.05, 4.69) is 30.7 Å². The van der Waals surface area contributed by atoms with Crippen molar-refractivity contribution in [1.29, 1.82) is 0 Å². The van der Waals surface area contributed by atoms with Crippen LogP contribution in [0.2, 0.25) is 0 Å². The average Bonchev–Trinajstić information content (AvgIpc) is 2.20. The largest absolute Gasteiger partial charge is 0.396 e. The lowest BCUT2D eigenvalue weighted by Crippen LogP contribution is -2.29. The first-order chi connectivity index (χ1) is 7.06. The van der Waals surface area contributed by atoms with Gasteiger partial charge < -0.3 is 22.1 Å². The molecule has 0 bridgehead atoms. The predicted molar refractivity (Wildman–Crippen MR) is 62.9 cm³/mol. The van der Waals surface area contributed by atoms with Crippen LogP contribution in [-0.4, -0.2) is 0 Å². The summed E-state index contributed by atoms with van der Waals surface area (Å²) in [5.74, 6) is 0.854. The van der Waals surface area contributed by atoms with E-state index in [1.54, 1.807) is 6.20 Å². The second-order valence-electron chi connectivity index (χ2n) is 3.58. The SMILES string of the molecule is C=CN/C1=C(\N)C(=C)N/C(N)=C/CC1C. The lowest BCUT2D eigenvalue weighted by atomic mass is 9.99. The molecule has 1 rings (SSSR count). The highest BCUT2D eigenvalue weighted by molar-refractivity contribution is 5.34. The average molecular weight is 206 g/mol. The Labute approximate surface area is 90.4 Å². The molecule has 1 atom stereocenters. The van der Waals surface area contributed by atoms with Crippen molar-refractivity contribution in [2.45, 2.75) is 13.3 Å². The van der Waals surface area contributed by atoms with Gasteiger partial charge in [0, 0.05) is 11.6 Å². The Morgan fingerprint density at radius 3 is 2.87 bits per heavy atom. The maximum absolute atomic E-state index is 5.96. The molecule has 0 saturated heterocycles. The van der Waals surface area contributed by atoms with Gasteiger partial charge >= 0.3 is 0 Å². The first kappa shape index (κ1) is 11.2. The van der Waals surface area contributed by atoms with Crippen LogP contribution in [0.25, 0.3) is 0 Å². The molecular weight excluding hydrogens is 188 g/mol. The van der Waals surface area contributed by atoms with Crippen molar-refractivity contribution in [3.63, 3.8) is 0 Å². The molecule has 1 aliphatic rings. The molecule has 6 N–H and O–H groups in total. The van der Waals surface area contributed by atoms with Crippen LogP contribution in [-0.2, 0) is 0 Å². The van der Waals surface area contributed by atoms with E-state index in [9.17, 15) is 0 Å². The summed E-state index contributed by atoms with van der Waals surface area (Å²) in [6, 6.07) is 0. The van der Waals surface area contributed by atoms with Crippen LogP contribution in [0.5, 0.6) is 0 Å². The van der Waals surface area contributed by atoms with E-state index in [0.717, 1.165) is 12.1 Å². The van der Waals surface area contributed by atoms with Gasteiger partial charge in [-0.05, 0) is 18.7 Å². The van der Waals surface area contributed by atoms with Crippen LogP contribution in [0.4, 0.5) is 0 Å². The molecule has 0 amide bonds. The monoisotopic (exact) mass is 206 g/mol. The number of nitrogens with two attached hydrogens (primary N) is 2. The molecule has 0 aromatic heterocycles. The maximum atomic E-state index is 5.96.